The van der Waals surface area contributed by atoms with Gasteiger partial charge in [0.15, 0.2) is 0 Å². The molecule has 0 heterocycles. The first-order valence-electron chi connectivity index (χ1n) is 7.11. The molecule has 1 aromatic carbocycles. The molecular formula is C15H22N2O5S. The Hall–Kier alpha value is -2.09. The maximum Gasteiger partial charge on any atom is 0.340 e. The molecule has 1 rings (SSSR count). The number of rotatable bonds is 7. The van der Waals surface area contributed by atoms with E-state index < -0.39 is 16.0 Å². The van der Waals surface area contributed by atoms with E-state index in [0.29, 0.717) is 0 Å². The number of carbonyl (C=O) groups is 2. The van der Waals surface area contributed by atoms with Gasteiger partial charge < -0.3 is 10.1 Å². The summed E-state index contributed by atoms with van der Waals surface area (Å²) in [5, 5.41) is 2.70. The molecule has 0 fully saturated rings. The van der Waals surface area contributed by atoms with Crippen LogP contribution in [0.2, 0.25) is 0 Å². The first-order valence-corrected chi connectivity index (χ1v) is 8.96. The van der Waals surface area contributed by atoms with E-state index in [4.69, 9.17) is 0 Å². The van der Waals surface area contributed by atoms with Crippen molar-refractivity contribution in [3.63, 3.8) is 0 Å². The lowest BCUT2D eigenvalue weighted by atomic mass is 10.1. The molecule has 0 spiro atoms. The lowest BCUT2D eigenvalue weighted by Crippen LogP contribution is -2.37. The van der Waals surface area contributed by atoms with Gasteiger partial charge in [-0.25, -0.2) is 13.2 Å². The third kappa shape index (κ3) is 5.55. The second-order valence-corrected chi connectivity index (χ2v) is 7.22. The fourth-order valence-corrected chi connectivity index (χ4v) is 2.98. The molecule has 128 valence electrons. The molecular weight excluding hydrogens is 320 g/mol. The van der Waals surface area contributed by atoms with Crippen LogP contribution in [0.1, 0.15) is 30.6 Å². The molecule has 0 aromatic heterocycles. The van der Waals surface area contributed by atoms with Crippen LogP contribution in [0.25, 0.3) is 0 Å². The van der Waals surface area contributed by atoms with Crippen LogP contribution in [0.15, 0.2) is 24.3 Å². The Kier molecular flexibility index (Phi) is 6.56. The predicted molar refractivity (Wildman–Crippen MR) is 87.9 cm³/mol. The molecule has 0 unspecified atom stereocenters. The van der Waals surface area contributed by atoms with Gasteiger partial charge in [0.1, 0.15) is 0 Å². The van der Waals surface area contributed by atoms with Crippen LogP contribution in [0, 0.1) is 0 Å². The zero-order valence-electron chi connectivity index (χ0n) is 13.7. The van der Waals surface area contributed by atoms with E-state index in [9.17, 15) is 18.0 Å². The number of amides is 1. The second kappa shape index (κ2) is 7.96. The molecule has 0 saturated carbocycles. The Bertz CT molecular complexity index is 670. The second-order valence-electron chi connectivity index (χ2n) is 5.32. The lowest BCUT2D eigenvalue weighted by Gasteiger charge is -2.24. The van der Waals surface area contributed by atoms with E-state index in [1.807, 2.05) is 13.8 Å². The topological polar surface area (TPSA) is 92.8 Å². The summed E-state index contributed by atoms with van der Waals surface area (Å²) in [6.07, 6.45) is 1.02. The summed E-state index contributed by atoms with van der Waals surface area (Å²) >= 11 is 0. The number of anilines is 1. The Labute approximate surface area is 136 Å². The number of benzene rings is 1. The van der Waals surface area contributed by atoms with Crippen LogP contribution in [0.4, 0.5) is 5.69 Å². The summed E-state index contributed by atoms with van der Waals surface area (Å²) in [5.41, 5.74) is 0.323. The van der Waals surface area contributed by atoms with Crippen LogP contribution >= 0.6 is 0 Å². The van der Waals surface area contributed by atoms with E-state index in [2.05, 4.69) is 10.1 Å². The smallest absolute Gasteiger partial charge is 0.340 e. The summed E-state index contributed by atoms with van der Waals surface area (Å²) < 4.78 is 29.9. The summed E-state index contributed by atoms with van der Waals surface area (Å²) in [6, 6.07) is 6.19. The molecule has 7 nitrogen and oxygen atoms in total. The first kappa shape index (κ1) is 19.0. The normalized spacial score (nSPS) is 11.2. The van der Waals surface area contributed by atoms with E-state index in [1.165, 1.54) is 19.2 Å². The standard InChI is InChI=1S/C15H22N2O5S/c1-11(2)16-14(18)9-10-17(23(4,20)21)13-8-6-5-7-12(13)15(19)22-3/h5-8,11H,9-10H2,1-4H3,(H,16,18). The van der Waals surface area contributed by atoms with Gasteiger partial charge in [0, 0.05) is 19.0 Å². The van der Waals surface area contributed by atoms with Crippen molar-refractivity contribution in [1.29, 1.82) is 0 Å². The third-order valence-electron chi connectivity index (χ3n) is 2.97. The largest absolute Gasteiger partial charge is 0.465 e. The SMILES string of the molecule is COC(=O)c1ccccc1N(CCC(=O)NC(C)C)S(C)(=O)=O. The van der Waals surface area contributed by atoms with Crippen LogP contribution < -0.4 is 9.62 Å². The van der Waals surface area contributed by atoms with E-state index >= 15 is 0 Å². The van der Waals surface area contributed by atoms with Crippen molar-refractivity contribution in [2.24, 2.45) is 0 Å². The van der Waals surface area contributed by atoms with Gasteiger partial charge in [0.05, 0.1) is 24.6 Å². The minimum Gasteiger partial charge on any atom is -0.465 e. The number of para-hydroxylation sites is 1. The molecule has 0 bridgehead atoms. The quantitative estimate of drug-likeness (QED) is 0.751. The number of methoxy groups -OCH3 is 1. The van der Waals surface area contributed by atoms with E-state index in [1.54, 1.807) is 12.1 Å². The van der Waals surface area contributed by atoms with Gasteiger partial charge in [-0.1, -0.05) is 12.1 Å². The van der Waals surface area contributed by atoms with Crippen molar-refractivity contribution in [2.45, 2.75) is 26.3 Å². The molecule has 0 aliphatic rings. The fraction of sp³-hybridized carbons (Fsp3) is 0.467. The minimum atomic E-state index is -3.66. The number of hydrogen-bond acceptors (Lipinski definition) is 5. The fourth-order valence-electron chi connectivity index (χ4n) is 2.04. The Morgan fingerprint density at radius 3 is 2.39 bits per heavy atom. The monoisotopic (exact) mass is 342 g/mol. The number of sulfonamides is 1. The maximum absolute atomic E-state index is 12.1. The molecule has 0 radical (unpaired) electrons. The number of nitrogens with zero attached hydrogens (tertiary/aromatic N) is 1. The number of ether oxygens (including phenoxy) is 1. The summed E-state index contributed by atoms with van der Waals surface area (Å²) in [6.45, 7) is 3.57. The molecule has 23 heavy (non-hydrogen) atoms. The van der Waals surface area contributed by atoms with Crippen LogP contribution in [-0.2, 0) is 19.6 Å². The molecule has 1 amide bonds. The minimum absolute atomic E-state index is 0.0131. The summed E-state index contributed by atoms with van der Waals surface area (Å²) in [5.74, 6) is -0.898. The molecule has 1 aromatic rings. The van der Waals surface area contributed by atoms with Crippen LogP contribution in [-0.4, -0.2) is 46.2 Å². The van der Waals surface area contributed by atoms with Crippen molar-refractivity contribution in [3.8, 4) is 0 Å². The zero-order chi connectivity index (χ0) is 17.6. The number of esters is 1. The van der Waals surface area contributed by atoms with Gasteiger partial charge in [0.2, 0.25) is 15.9 Å². The van der Waals surface area contributed by atoms with Crippen LogP contribution in [0.3, 0.4) is 0 Å². The average Bonchev–Trinajstić information content (AvgIpc) is 2.45. The molecule has 0 aliphatic carbocycles. The van der Waals surface area contributed by atoms with Crippen LogP contribution in [0.5, 0.6) is 0 Å². The highest BCUT2D eigenvalue weighted by Gasteiger charge is 2.24. The van der Waals surface area contributed by atoms with Crippen molar-refractivity contribution in [2.75, 3.05) is 24.2 Å². The molecule has 0 saturated heterocycles. The Morgan fingerprint density at radius 2 is 1.87 bits per heavy atom. The molecule has 8 heteroatoms. The van der Waals surface area contributed by atoms with Gasteiger partial charge in [-0.05, 0) is 26.0 Å². The molecule has 0 atom stereocenters. The van der Waals surface area contributed by atoms with Gasteiger partial charge in [-0.3, -0.25) is 9.10 Å². The highest BCUT2D eigenvalue weighted by Crippen LogP contribution is 2.23. The molecule has 0 aliphatic heterocycles. The van der Waals surface area contributed by atoms with Crippen molar-refractivity contribution in [1.82, 2.24) is 5.32 Å². The van der Waals surface area contributed by atoms with Gasteiger partial charge in [-0.15, -0.1) is 0 Å². The van der Waals surface area contributed by atoms with Gasteiger partial charge >= 0.3 is 5.97 Å². The molecule has 1 N–H and O–H groups in total. The van der Waals surface area contributed by atoms with E-state index in [-0.39, 0.29) is 36.2 Å². The number of carbonyl (C=O) groups excluding carboxylic acids is 2. The average molecular weight is 342 g/mol. The van der Waals surface area contributed by atoms with Crippen molar-refractivity contribution < 1.29 is 22.7 Å². The lowest BCUT2D eigenvalue weighted by molar-refractivity contribution is -0.121. The third-order valence-corrected chi connectivity index (χ3v) is 4.15. The zero-order valence-corrected chi connectivity index (χ0v) is 14.5. The highest BCUT2D eigenvalue weighted by molar-refractivity contribution is 7.92. The number of nitrogens with one attached hydrogen (secondary N) is 1. The van der Waals surface area contributed by atoms with Gasteiger partial charge in [-0.2, -0.15) is 0 Å². The predicted octanol–water partition coefficient (Wildman–Crippen LogP) is 1.15. The number of hydrogen-bond donors (Lipinski definition) is 1. The first-order chi connectivity index (χ1) is 10.7. The van der Waals surface area contributed by atoms with Crippen molar-refractivity contribution in [3.05, 3.63) is 29.8 Å². The van der Waals surface area contributed by atoms with E-state index in [0.717, 1.165) is 10.6 Å². The van der Waals surface area contributed by atoms with Gasteiger partial charge in [0.25, 0.3) is 0 Å². The summed E-state index contributed by atoms with van der Waals surface area (Å²) in [4.78, 5) is 23.6. The Balaban J connectivity index is 3.10. The summed E-state index contributed by atoms with van der Waals surface area (Å²) in [7, 11) is -2.44. The van der Waals surface area contributed by atoms with Crippen molar-refractivity contribution >= 4 is 27.6 Å². The highest BCUT2D eigenvalue weighted by atomic mass is 32.2. The maximum atomic E-state index is 12.1. The Morgan fingerprint density at radius 1 is 1.26 bits per heavy atom.